The Morgan fingerprint density at radius 3 is 2.30 bits per heavy atom. The molecule has 1 fully saturated rings. The van der Waals surface area contributed by atoms with Gasteiger partial charge in [0.2, 0.25) is 0 Å². The Morgan fingerprint density at radius 2 is 2.00 bits per heavy atom. The quantitative estimate of drug-likeness (QED) is 0.625. The first-order valence-corrected chi connectivity index (χ1v) is 4.16. The van der Waals surface area contributed by atoms with E-state index in [1.807, 2.05) is 0 Å². The predicted molar refractivity (Wildman–Crippen MR) is 42.8 cm³/mol. The van der Waals surface area contributed by atoms with Crippen LogP contribution in [0.1, 0.15) is 33.6 Å². The van der Waals surface area contributed by atoms with Gasteiger partial charge in [-0.15, -0.1) is 0 Å². The second kappa shape index (κ2) is 2.54. The minimum atomic E-state index is 0.362. The first-order chi connectivity index (χ1) is 4.55. The molecule has 1 nitrogen and oxygen atoms in total. The van der Waals surface area contributed by atoms with Crippen molar-refractivity contribution >= 4 is 0 Å². The van der Waals surface area contributed by atoms with Crippen molar-refractivity contribution in [2.24, 2.45) is 17.3 Å². The third-order valence-electron chi connectivity index (χ3n) is 2.72. The van der Waals surface area contributed by atoms with E-state index in [1.54, 1.807) is 0 Å². The fraction of sp³-hybridized carbons (Fsp3) is 1.00. The van der Waals surface area contributed by atoms with Gasteiger partial charge in [0.05, 0.1) is 0 Å². The van der Waals surface area contributed by atoms with E-state index in [1.165, 1.54) is 12.8 Å². The maximum absolute atomic E-state index is 8.84. The highest BCUT2D eigenvalue weighted by Crippen LogP contribution is 2.47. The zero-order valence-corrected chi connectivity index (χ0v) is 7.22. The molecule has 1 aliphatic carbocycles. The fourth-order valence-electron chi connectivity index (χ4n) is 1.91. The largest absolute Gasteiger partial charge is 0.396 e. The zero-order chi connectivity index (χ0) is 7.78. The molecule has 60 valence electrons. The molecule has 1 rings (SSSR count). The summed E-state index contributed by atoms with van der Waals surface area (Å²) in [5, 5.41) is 8.84. The average molecular weight is 142 g/mol. The molecular formula is C9H18O. The van der Waals surface area contributed by atoms with Crippen LogP contribution in [-0.4, -0.2) is 11.7 Å². The molecule has 0 spiro atoms. The first kappa shape index (κ1) is 8.06. The second-order valence-electron chi connectivity index (χ2n) is 4.49. The summed E-state index contributed by atoms with van der Waals surface area (Å²) in [6.45, 7) is 7.10. The summed E-state index contributed by atoms with van der Waals surface area (Å²) < 4.78 is 0. The fourth-order valence-corrected chi connectivity index (χ4v) is 1.91. The summed E-state index contributed by atoms with van der Waals surface area (Å²) in [5.41, 5.74) is 0.564. The lowest BCUT2D eigenvalue weighted by molar-refractivity contribution is 0.0318. The van der Waals surface area contributed by atoms with Gasteiger partial charge in [-0.05, 0) is 30.1 Å². The average Bonchev–Trinajstić information content (AvgIpc) is 1.81. The Kier molecular flexibility index (Phi) is 2.04. The Morgan fingerprint density at radius 1 is 1.50 bits per heavy atom. The van der Waals surface area contributed by atoms with Crippen LogP contribution >= 0.6 is 0 Å². The molecule has 0 radical (unpaired) electrons. The molecule has 1 saturated carbocycles. The van der Waals surface area contributed by atoms with Gasteiger partial charge in [0.1, 0.15) is 0 Å². The normalized spacial score (nSPS) is 27.6. The standard InChI is InChI=1S/C9H18O/c1-7(6-10)8-4-9(2,3)5-8/h7-8,10H,4-6H2,1-3H3/t7-/m0/s1. The van der Waals surface area contributed by atoms with Gasteiger partial charge in [0, 0.05) is 6.61 Å². The molecule has 10 heavy (non-hydrogen) atoms. The van der Waals surface area contributed by atoms with Crippen molar-refractivity contribution in [3.8, 4) is 0 Å². The monoisotopic (exact) mass is 142 g/mol. The van der Waals surface area contributed by atoms with E-state index in [0.29, 0.717) is 17.9 Å². The molecule has 0 bridgehead atoms. The number of hydrogen-bond donors (Lipinski definition) is 1. The summed E-state index contributed by atoms with van der Waals surface area (Å²) in [5.74, 6) is 1.31. The van der Waals surface area contributed by atoms with E-state index in [0.717, 1.165) is 5.92 Å². The summed E-state index contributed by atoms with van der Waals surface area (Å²) in [4.78, 5) is 0. The number of aliphatic hydroxyl groups excluding tert-OH is 1. The van der Waals surface area contributed by atoms with E-state index in [9.17, 15) is 0 Å². The number of hydrogen-bond acceptors (Lipinski definition) is 1. The number of rotatable bonds is 2. The zero-order valence-electron chi connectivity index (χ0n) is 7.22. The third kappa shape index (κ3) is 1.51. The molecule has 0 aromatic carbocycles. The molecule has 0 amide bonds. The van der Waals surface area contributed by atoms with Gasteiger partial charge >= 0.3 is 0 Å². The van der Waals surface area contributed by atoms with Gasteiger partial charge in [-0.2, -0.15) is 0 Å². The highest BCUT2D eigenvalue weighted by atomic mass is 16.3. The van der Waals surface area contributed by atoms with Gasteiger partial charge in [0.15, 0.2) is 0 Å². The highest BCUT2D eigenvalue weighted by molar-refractivity contribution is 4.88. The van der Waals surface area contributed by atoms with Gasteiger partial charge in [-0.1, -0.05) is 20.8 Å². The van der Waals surface area contributed by atoms with Gasteiger partial charge in [0.25, 0.3) is 0 Å². The van der Waals surface area contributed by atoms with Crippen molar-refractivity contribution in [2.75, 3.05) is 6.61 Å². The van der Waals surface area contributed by atoms with Crippen LogP contribution in [0.25, 0.3) is 0 Å². The van der Waals surface area contributed by atoms with Crippen LogP contribution < -0.4 is 0 Å². The lowest BCUT2D eigenvalue weighted by Crippen LogP contribution is -2.36. The third-order valence-corrected chi connectivity index (χ3v) is 2.72. The molecule has 0 aromatic heterocycles. The molecule has 1 N–H and O–H groups in total. The number of aliphatic hydroxyl groups is 1. The lowest BCUT2D eigenvalue weighted by atomic mass is 9.61. The minimum absolute atomic E-state index is 0.362. The van der Waals surface area contributed by atoms with Gasteiger partial charge in [-0.25, -0.2) is 0 Å². The van der Waals surface area contributed by atoms with Crippen molar-refractivity contribution in [3.05, 3.63) is 0 Å². The molecule has 1 heteroatoms. The van der Waals surface area contributed by atoms with Crippen molar-refractivity contribution in [3.63, 3.8) is 0 Å². The molecule has 0 aliphatic heterocycles. The van der Waals surface area contributed by atoms with Crippen LogP contribution in [-0.2, 0) is 0 Å². The van der Waals surface area contributed by atoms with Crippen LogP contribution in [0.2, 0.25) is 0 Å². The maximum atomic E-state index is 8.84. The van der Waals surface area contributed by atoms with Crippen molar-refractivity contribution in [2.45, 2.75) is 33.6 Å². The van der Waals surface area contributed by atoms with Crippen molar-refractivity contribution < 1.29 is 5.11 Å². The minimum Gasteiger partial charge on any atom is -0.396 e. The Bertz CT molecular complexity index is 110. The van der Waals surface area contributed by atoms with Gasteiger partial charge < -0.3 is 5.11 Å². The smallest absolute Gasteiger partial charge is 0.0459 e. The van der Waals surface area contributed by atoms with Crippen LogP contribution in [0.4, 0.5) is 0 Å². The highest BCUT2D eigenvalue weighted by Gasteiger charge is 2.38. The van der Waals surface area contributed by atoms with Crippen LogP contribution in [0, 0.1) is 17.3 Å². The van der Waals surface area contributed by atoms with Crippen LogP contribution in [0.5, 0.6) is 0 Å². The Labute approximate surface area is 63.4 Å². The van der Waals surface area contributed by atoms with Crippen molar-refractivity contribution in [1.29, 1.82) is 0 Å². The Balaban J connectivity index is 2.26. The Hall–Kier alpha value is -0.0400. The molecule has 0 aromatic rings. The predicted octanol–water partition coefficient (Wildman–Crippen LogP) is 2.05. The van der Waals surface area contributed by atoms with Crippen LogP contribution in [0.3, 0.4) is 0 Å². The molecule has 1 atom stereocenters. The molecule has 0 saturated heterocycles. The summed E-state index contributed by atoms with van der Waals surface area (Å²) in [6, 6.07) is 0. The van der Waals surface area contributed by atoms with E-state index in [4.69, 9.17) is 5.11 Å². The summed E-state index contributed by atoms with van der Waals surface area (Å²) in [6.07, 6.45) is 2.60. The molecule has 0 unspecified atom stereocenters. The molecule has 0 heterocycles. The van der Waals surface area contributed by atoms with Crippen LogP contribution in [0.15, 0.2) is 0 Å². The first-order valence-electron chi connectivity index (χ1n) is 4.16. The lowest BCUT2D eigenvalue weighted by Gasteiger charge is -2.45. The maximum Gasteiger partial charge on any atom is 0.0459 e. The van der Waals surface area contributed by atoms with E-state index in [-0.39, 0.29) is 0 Å². The summed E-state index contributed by atoms with van der Waals surface area (Å²) >= 11 is 0. The van der Waals surface area contributed by atoms with E-state index < -0.39 is 0 Å². The SMILES string of the molecule is C[C@@H](CO)C1CC(C)(C)C1. The van der Waals surface area contributed by atoms with E-state index >= 15 is 0 Å². The second-order valence-corrected chi connectivity index (χ2v) is 4.49. The van der Waals surface area contributed by atoms with Crippen molar-refractivity contribution in [1.82, 2.24) is 0 Å². The topological polar surface area (TPSA) is 20.2 Å². The molecular weight excluding hydrogens is 124 g/mol. The van der Waals surface area contributed by atoms with E-state index in [2.05, 4.69) is 20.8 Å². The summed E-state index contributed by atoms with van der Waals surface area (Å²) in [7, 11) is 0. The molecule has 1 aliphatic rings. The van der Waals surface area contributed by atoms with Gasteiger partial charge in [-0.3, -0.25) is 0 Å².